The zero-order valence-electron chi connectivity index (χ0n) is 9.08. The molecule has 1 saturated heterocycles. The molecule has 2 rings (SSSR count). The van der Waals surface area contributed by atoms with Crippen LogP contribution in [-0.4, -0.2) is 24.3 Å². The first-order chi connectivity index (χ1) is 8.03. The lowest BCUT2D eigenvalue weighted by molar-refractivity contribution is -0.139. The highest BCUT2D eigenvalue weighted by Crippen LogP contribution is 2.38. The van der Waals surface area contributed by atoms with E-state index in [2.05, 4.69) is 0 Å². The molecule has 5 heteroatoms. The quantitative estimate of drug-likeness (QED) is 0.879. The Kier molecular flexibility index (Phi) is 3.11. The largest absolute Gasteiger partial charge is 0.481 e. The molecular formula is C12H12F2O3. The summed E-state index contributed by atoms with van der Waals surface area (Å²) in [7, 11) is 0. The van der Waals surface area contributed by atoms with Crippen LogP contribution in [0.25, 0.3) is 0 Å². The summed E-state index contributed by atoms with van der Waals surface area (Å²) in [5, 5.41) is 8.66. The predicted octanol–water partition coefficient (Wildman–Crippen LogP) is 2.10. The maximum Gasteiger partial charge on any atom is 0.303 e. The van der Waals surface area contributed by atoms with Gasteiger partial charge in [-0.2, -0.15) is 0 Å². The Morgan fingerprint density at radius 2 is 2.12 bits per heavy atom. The minimum atomic E-state index is -0.951. The van der Waals surface area contributed by atoms with E-state index in [0.717, 1.165) is 18.2 Å². The van der Waals surface area contributed by atoms with Gasteiger partial charge in [0.2, 0.25) is 0 Å². The van der Waals surface area contributed by atoms with Gasteiger partial charge in [-0.25, -0.2) is 8.78 Å². The van der Waals surface area contributed by atoms with Gasteiger partial charge in [-0.05, 0) is 24.6 Å². The zero-order valence-corrected chi connectivity index (χ0v) is 9.08. The van der Waals surface area contributed by atoms with Crippen molar-refractivity contribution in [3.8, 4) is 0 Å². The number of carbonyl (C=O) groups is 1. The fraction of sp³-hybridized carbons (Fsp3) is 0.417. The van der Waals surface area contributed by atoms with Crippen molar-refractivity contribution in [2.45, 2.75) is 18.3 Å². The summed E-state index contributed by atoms with van der Waals surface area (Å²) in [5.41, 5.74) is -0.477. The van der Waals surface area contributed by atoms with Gasteiger partial charge in [0.25, 0.3) is 0 Å². The molecular weight excluding hydrogens is 230 g/mol. The molecule has 0 bridgehead atoms. The molecule has 0 radical (unpaired) electrons. The summed E-state index contributed by atoms with van der Waals surface area (Å²) in [6.07, 6.45) is 0.169. The second-order valence-corrected chi connectivity index (χ2v) is 4.29. The summed E-state index contributed by atoms with van der Waals surface area (Å²) in [4.78, 5) is 10.6. The van der Waals surface area contributed by atoms with Gasteiger partial charge in [0, 0.05) is 17.4 Å². The molecule has 1 heterocycles. The van der Waals surface area contributed by atoms with Crippen molar-refractivity contribution < 1.29 is 23.4 Å². The Morgan fingerprint density at radius 3 is 2.65 bits per heavy atom. The summed E-state index contributed by atoms with van der Waals surface area (Å²) < 4.78 is 31.8. The van der Waals surface area contributed by atoms with E-state index in [1.165, 1.54) is 0 Å². The fourth-order valence-electron chi connectivity index (χ4n) is 2.03. The van der Waals surface area contributed by atoms with E-state index < -0.39 is 23.0 Å². The fourth-order valence-corrected chi connectivity index (χ4v) is 2.03. The third-order valence-electron chi connectivity index (χ3n) is 3.07. The van der Waals surface area contributed by atoms with Crippen LogP contribution < -0.4 is 0 Å². The smallest absolute Gasteiger partial charge is 0.303 e. The van der Waals surface area contributed by atoms with E-state index in [1.54, 1.807) is 0 Å². The Hall–Kier alpha value is -1.49. The van der Waals surface area contributed by atoms with Crippen molar-refractivity contribution in [3.63, 3.8) is 0 Å². The Labute approximate surface area is 97.0 Å². The van der Waals surface area contributed by atoms with E-state index >= 15 is 0 Å². The number of rotatable bonds is 4. The number of benzene rings is 1. The second kappa shape index (κ2) is 4.41. The molecule has 0 atom stereocenters. The Morgan fingerprint density at radius 1 is 1.41 bits per heavy atom. The van der Waals surface area contributed by atoms with Gasteiger partial charge in [0.15, 0.2) is 0 Å². The number of ether oxygens (including phenoxy) is 1. The van der Waals surface area contributed by atoms with Crippen LogP contribution in [0.4, 0.5) is 8.78 Å². The molecule has 1 aliphatic rings. The highest BCUT2D eigenvalue weighted by Gasteiger charge is 2.42. The van der Waals surface area contributed by atoms with Crippen LogP contribution in [0.3, 0.4) is 0 Å². The van der Waals surface area contributed by atoms with E-state index in [-0.39, 0.29) is 31.6 Å². The van der Waals surface area contributed by atoms with Gasteiger partial charge in [-0.3, -0.25) is 4.79 Å². The summed E-state index contributed by atoms with van der Waals surface area (Å²) in [6.45, 7) is 0.474. The maximum atomic E-state index is 13.6. The lowest BCUT2D eigenvalue weighted by Crippen LogP contribution is -2.47. The van der Waals surface area contributed by atoms with Crippen molar-refractivity contribution in [1.29, 1.82) is 0 Å². The lowest BCUT2D eigenvalue weighted by Gasteiger charge is -2.42. The Balaban J connectivity index is 2.27. The van der Waals surface area contributed by atoms with Gasteiger partial charge < -0.3 is 9.84 Å². The van der Waals surface area contributed by atoms with E-state index in [0.29, 0.717) is 0 Å². The first-order valence-electron chi connectivity index (χ1n) is 5.29. The molecule has 1 N–H and O–H groups in total. The number of aliphatic carboxylic acids is 1. The SMILES string of the molecule is O=C(O)CCC1(c2cc(F)ccc2F)COC1. The Bertz CT molecular complexity index is 441. The van der Waals surface area contributed by atoms with Gasteiger partial charge in [0.1, 0.15) is 11.6 Å². The summed E-state index contributed by atoms with van der Waals surface area (Å²) in [6, 6.07) is 3.23. The molecule has 0 amide bonds. The topological polar surface area (TPSA) is 46.5 Å². The van der Waals surface area contributed by atoms with Crippen LogP contribution in [0, 0.1) is 11.6 Å². The van der Waals surface area contributed by atoms with Gasteiger partial charge >= 0.3 is 5.97 Å². The first-order valence-corrected chi connectivity index (χ1v) is 5.29. The van der Waals surface area contributed by atoms with E-state index in [9.17, 15) is 13.6 Å². The lowest BCUT2D eigenvalue weighted by atomic mass is 9.74. The van der Waals surface area contributed by atoms with Crippen molar-refractivity contribution in [1.82, 2.24) is 0 Å². The normalized spacial score (nSPS) is 17.5. The highest BCUT2D eigenvalue weighted by atomic mass is 19.1. The summed E-state index contributed by atoms with van der Waals surface area (Å²) in [5.74, 6) is -1.99. The number of hydrogen-bond donors (Lipinski definition) is 1. The van der Waals surface area contributed by atoms with Crippen LogP contribution in [0.5, 0.6) is 0 Å². The number of halogens is 2. The average Bonchev–Trinajstić information content (AvgIpc) is 2.21. The van der Waals surface area contributed by atoms with Crippen molar-refractivity contribution in [2.75, 3.05) is 13.2 Å². The average molecular weight is 242 g/mol. The molecule has 0 spiro atoms. The molecule has 1 aliphatic heterocycles. The molecule has 3 nitrogen and oxygen atoms in total. The van der Waals surface area contributed by atoms with Gasteiger partial charge in [-0.15, -0.1) is 0 Å². The maximum absolute atomic E-state index is 13.6. The van der Waals surface area contributed by atoms with E-state index in [4.69, 9.17) is 9.84 Å². The molecule has 0 saturated carbocycles. The number of carboxylic acids is 1. The molecule has 92 valence electrons. The minimum absolute atomic E-state index is 0.0840. The molecule has 1 aromatic rings. The van der Waals surface area contributed by atoms with Crippen LogP contribution >= 0.6 is 0 Å². The van der Waals surface area contributed by atoms with Crippen LogP contribution in [0.1, 0.15) is 18.4 Å². The molecule has 1 fully saturated rings. The number of carboxylic acid groups (broad SMARTS) is 1. The van der Waals surface area contributed by atoms with Crippen LogP contribution in [0.15, 0.2) is 18.2 Å². The van der Waals surface area contributed by atoms with Crippen LogP contribution in [-0.2, 0) is 14.9 Å². The summed E-state index contributed by atoms with van der Waals surface area (Å²) >= 11 is 0. The molecule has 0 aromatic heterocycles. The predicted molar refractivity (Wildman–Crippen MR) is 55.7 cm³/mol. The monoisotopic (exact) mass is 242 g/mol. The van der Waals surface area contributed by atoms with E-state index in [1.807, 2.05) is 0 Å². The first kappa shape index (κ1) is 12.0. The number of hydrogen-bond acceptors (Lipinski definition) is 2. The minimum Gasteiger partial charge on any atom is -0.481 e. The standard InChI is InChI=1S/C12H12F2O3/c13-8-1-2-10(14)9(5-8)12(6-17-7-12)4-3-11(15)16/h1-2,5H,3-4,6-7H2,(H,15,16). The third kappa shape index (κ3) is 2.29. The van der Waals surface area contributed by atoms with Crippen LogP contribution in [0.2, 0.25) is 0 Å². The van der Waals surface area contributed by atoms with Crippen molar-refractivity contribution in [3.05, 3.63) is 35.4 Å². The molecule has 0 unspecified atom stereocenters. The third-order valence-corrected chi connectivity index (χ3v) is 3.07. The highest BCUT2D eigenvalue weighted by molar-refractivity contribution is 5.67. The molecule has 1 aromatic carbocycles. The second-order valence-electron chi connectivity index (χ2n) is 4.29. The van der Waals surface area contributed by atoms with Gasteiger partial charge in [-0.1, -0.05) is 0 Å². The zero-order chi connectivity index (χ0) is 12.5. The molecule has 17 heavy (non-hydrogen) atoms. The van der Waals surface area contributed by atoms with Gasteiger partial charge in [0.05, 0.1) is 13.2 Å². The van der Waals surface area contributed by atoms with Crippen molar-refractivity contribution >= 4 is 5.97 Å². The van der Waals surface area contributed by atoms with Crippen molar-refractivity contribution in [2.24, 2.45) is 0 Å². The molecule has 0 aliphatic carbocycles.